The zero-order chi connectivity index (χ0) is 14.2. The summed E-state index contributed by atoms with van der Waals surface area (Å²) >= 11 is 1.81. The zero-order valence-corrected chi connectivity index (χ0v) is 13.4. The Morgan fingerprint density at radius 1 is 1.40 bits per heavy atom. The first-order chi connectivity index (χ1) is 9.81. The number of aliphatic imine (C=N–C) groups is 1. The third-order valence-corrected chi connectivity index (χ3v) is 4.78. The molecule has 0 radical (unpaired) electrons. The van der Waals surface area contributed by atoms with Gasteiger partial charge in [0.1, 0.15) is 0 Å². The molecule has 1 aliphatic carbocycles. The predicted molar refractivity (Wildman–Crippen MR) is 86.5 cm³/mol. The van der Waals surface area contributed by atoms with Crippen LogP contribution in [0.25, 0.3) is 0 Å². The van der Waals surface area contributed by atoms with Gasteiger partial charge in [0, 0.05) is 37.6 Å². The molecule has 0 bridgehead atoms. The van der Waals surface area contributed by atoms with Crippen LogP contribution in [0.2, 0.25) is 0 Å². The monoisotopic (exact) mass is 294 g/mol. The molecule has 2 N–H and O–H groups in total. The number of nitrogens with one attached hydrogen (secondary N) is 2. The lowest BCUT2D eigenvalue weighted by atomic mass is 10.2. The summed E-state index contributed by atoms with van der Waals surface area (Å²) in [4.78, 5) is 10.0. The van der Waals surface area contributed by atoms with Gasteiger partial charge in [0.15, 0.2) is 5.96 Å². The maximum atomic E-state index is 4.43. The fourth-order valence-corrected chi connectivity index (χ4v) is 3.00. The molecule has 0 saturated heterocycles. The van der Waals surface area contributed by atoms with E-state index in [1.165, 1.54) is 35.6 Å². The largest absolute Gasteiger partial charge is 0.356 e. The molecular formula is C15H26N4S. The van der Waals surface area contributed by atoms with Crippen LogP contribution in [0.5, 0.6) is 0 Å². The van der Waals surface area contributed by atoms with Crippen molar-refractivity contribution in [3.05, 3.63) is 16.1 Å². The molecule has 20 heavy (non-hydrogen) atoms. The second kappa shape index (κ2) is 8.25. The highest BCUT2D eigenvalue weighted by atomic mass is 32.1. The maximum absolute atomic E-state index is 4.43. The van der Waals surface area contributed by atoms with Crippen molar-refractivity contribution in [3.63, 3.8) is 0 Å². The average Bonchev–Trinajstić information content (AvgIpc) is 3.18. The summed E-state index contributed by atoms with van der Waals surface area (Å²) in [7, 11) is 1.83. The van der Waals surface area contributed by atoms with Crippen LogP contribution in [-0.4, -0.2) is 31.1 Å². The summed E-state index contributed by atoms with van der Waals surface area (Å²) in [6.07, 6.45) is 9.54. The second-order valence-corrected chi connectivity index (χ2v) is 6.53. The lowest BCUT2D eigenvalue weighted by Crippen LogP contribution is -2.38. The van der Waals surface area contributed by atoms with Crippen molar-refractivity contribution in [2.45, 2.75) is 45.4 Å². The van der Waals surface area contributed by atoms with Crippen LogP contribution in [0.1, 0.15) is 42.5 Å². The molecule has 4 nitrogen and oxygen atoms in total. The number of rotatable bonds is 8. The highest BCUT2D eigenvalue weighted by molar-refractivity contribution is 7.11. The lowest BCUT2D eigenvalue weighted by molar-refractivity contribution is 0.644. The van der Waals surface area contributed by atoms with Crippen molar-refractivity contribution >= 4 is 17.3 Å². The molecule has 2 rings (SSSR count). The number of aryl methyl sites for hydroxylation is 1. The smallest absolute Gasteiger partial charge is 0.190 e. The van der Waals surface area contributed by atoms with E-state index in [1.807, 2.05) is 24.6 Å². The van der Waals surface area contributed by atoms with Crippen molar-refractivity contribution in [2.24, 2.45) is 10.9 Å². The highest BCUT2D eigenvalue weighted by Gasteiger charge is 2.19. The summed E-state index contributed by atoms with van der Waals surface area (Å²) in [6.45, 7) is 4.08. The molecule has 0 atom stereocenters. The van der Waals surface area contributed by atoms with Gasteiger partial charge in [-0.2, -0.15) is 0 Å². The van der Waals surface area contributed by atoms with Gasteiger partial charge in [-0.3, -0.25) is 4.99 Å². The van der Waals surface area contributed by atoms with Gasteiger partial charge >= 0.3 is 0 Å². The standard InChI is InChI=1S/C15H26N4S/c1-3-13-11-19-14(20-13)8-10-18-15(16-2)17-9-4-5-12-6-7-12/h11-12H,3-10H2,1-2H3,(H2,16,17,18). The molecule has 112 valence electrons. The highest BCUT2D eigenvalue weighted by Crippen LogP contribution is 2.33. The number of nitrogens with zero attached hydrogens (tertiary/aromatic N) is 2. The van der Waals surface area contributed by atoms with Crippen molar-refractivity contribution in [1.82, 2.24) is 15.6 Å². The molecule has 0 aliphatic heterocycles. The molecule has 1 aromatic rings. The number of thiazole rings is 1. The molecule has 0 amide bonds. The van der Waals surface area contributed by atoms with E-state index in [9.17, 15) is 0 Å². The first-order valence-electron chi connectivity index (χ1n) is 7.70. The van der Waals surface area contributed by atoms with Crippen LogP contribution in [0.3, 0.4) is 0 Å². The Balaban J connectivity index is 1.57. The summed E-state index contributed by atoms with van der Waals surface area (Å²) in [5.41, 5.74) is 0. The first-order valence-corrected chi connectivity index (χ1v) is 8.51. The molecule has 0 aromatic carbocycles. The number of aromatic nitrogens is 1. The fourth-order valence-electron chi connectivity index (χ4n) is 2.14. The van der Waals surface area contributed by atoms with Crippen molar-refractivity contribution in [3.8, 4) is 0 Å². The van der Waals surface area contributed by atoms with Gasteiger partial charge in [0.25, 0.3) is 0 Å². The van der Waals surface area contributed by atoms with Gasteiger partial charge in [0.2, 0.25) is 0 Å². The minimum absolute atomic E-state index is 0.888. The van der Waals surface area contributed by atoms with Gasteiger partial charge in [-0.25, -0.2) is 4.98 Å². The summed E-state index contributed by atoms with van der Waals surface area (Å²) in [6, 6.07) is 0. The van der Waals surface area contributed by atoms with E-state index >= 15 is 0 Å². The molecule has 0 spiro atoms. The topological polar surface area (TPSA) is 49.3 Å². The minimum Gasteiger partial charge on any atom is -0.356 e. The number of guanidine groups is 1. The Labute approximate surface area is 126 Å². The SMILES string of the molecule is CCc1cnc(CCNC(=NC)NCCCC2CC2)s1. The van der Waals surface area contributed by atoms with Crippen LogP contribution >= 0.6 is 11.3 Å². The Morgan fingerprint density at radius 2 is 2.20 bits per heavy atom. The zero-order valence-electron chi connectivity index (χ0n) is 12.6. The molecule has 1 aromatic heterocycles. The quantitative estimate of drug-likeness (QED) is 0.440. The third-order valence-electron chi connectivity index (χ3n) is 3.58. The Morgan fingerprint density at radius 3 is 2.85 bits per heavy atom. The second-order valence-electron chi connectivity index (χ2n) is 5.34. The van der Waals surface area contributed by atoms with Crippen molar-refractivity contribution in [1.29, 1.82) is 0 Å². The normalized spacial score (nSPS) is 15.4. The molecule has 1 aliphatic rings. The lowest BCUT2D eigenvalue weighted by Gasteiger charge is -2.11. The van der Waals surface area contributed by atoms with Crippen LogP contribution in [-0.2, 0) is 12.8 Å². The average molecular weight is 294 g/mol. The van der Waals surface area contributed by atoms with Crippen molar-refractivity contribution in [2.75, 3.05) is 20.1 Å². The third kappa shape index (κ3) is 5.49. The predicted octanol–water partition coefficient (Wildman–Crippen LogP) is 2.60. The molecule has 1 heterocycles. The van der Waals surface area contributed by atoms with E-state index in [0.717, 1.165) is 37.8 Å². The van der Waals surface area contributed by atoms with E-state index in [0.29, 0.717) is 0 Å². The summed E-state index contributed by atoms with van der Waals surface area (Å²) in [5, 5.41) is 7.94. The molecular weight excluding hydrogens is 268 g/mol. The van der Waals surface area contributed by atoms with E-state index in [2.05, 4.69) is 27.5 Å². The molecule has 1 saturated carbocycles. The van der Waals surface area contributed by atoms with E-state index < -0.39 is 0 Å². The van der Waals surface area contributed by atoms with Crippen LogP contribution < -0.4 is 10.6 Å². The minimum atomic E-state index is 0.888. The van der Waals surface area contributed by atoms with Gasteiger partial charge in [-0.1, -0.05) is 19.8 Å². The molecule has 1 fully saturated rings. The van der Waals surface area contributed by atoms with E-state index in [-0.39, 0.29) is 0 Å². The van der Waals surface area contributed by atoms with Crippen LogP contribution in [0.4, 0.5) is 0 Å². The van der Waals surface area contributed by atoms with Gasteiger partial charge < -0.3 is 10.6 Å². The van der Waals surface area contributed by atoms with Gasteiger partial charge in [0.05, 0.1) is 5.01 Å². The van der Waals surface area contributed by atoms with Crippen molar-refractivity contribution < 1.29 is 0 Å². The van der Waals surface area contributed by atoms with Gasteiger partial charge in [-0.15, -0.1) is 11.3 Å². The van der Waals surface area contributed by atoms with Crippen LogP contribution in [0.15, 0.2) is 11.2 Å². The summed E-state index contributed by atoms with van der Waals surface area (Å²) < 4.78 is 0. The number of hydrogen-bond donors (Lipinski definition) is 2. The van der Waals surface area contributed by atoms with E-state index in [4.69, 9.17) is 0 Å². The number of hydrogen-bond acceptors (Lipinski definition) is 3. The van der Waals surface area contributed by atoms with Gasteiger partial charge in [-0.05, 0) is 25.2 Å². The Bertz CT molecular complexity index is 423. The van der Waals surface area contributed by atoms with E-state index in [1.54, 1.807) is 0 Å². The Hall–Kier alpha value is -1.10. The molecule has 0 unspecified atom stereocenters. The maximum Gasteiger partial charge on any atom is 0.190 e. The summed E-state index contributed by atoms with van der Waals surface area (Å²) in [5.74, 6) is 1.93. The van der Waals surface area contributed by atoms with Crippen LogP contribution in [0, 0.1) is 5.92 Å². The Kier molecular flexibility index (Phi) is 6.30. The first kappa shape index (κ1) is 15.3. The molecule has 5 heteroatoms. The fraction of sp³-hybridized carbons (Fsp3) is 0.733.